The van der Waals surface area contributed by atoms with E-state index in [0.717, 1.165) is 24.6 Å². The Bertz CT molecular complexity index is 227. The minimum Gasteiger partial charge on any atom is -0.302 e. The number of hydrogen-bond donors (Lipinski definition) is 0. The van der Waals surface area contributed by atoms with Gasteiger partial charge in [-0.3, -0.25) is 4.21 Å². The van der Waals surface area contributed by atoms with Crippen molar-refractivity contribution in [1.29, 1.82) is 0 Å². The van der Waals surface area contributed by atoms with Gasteiger partial charge in [-0.2, -0.15) is 0 Å². The second-order valence-corrected chi connectivity index (χ2v) is 6.38. The molecule has 2 nitrogen and oxygen atoms in total. The number of hydrogen-bond acceptors (Lipinski definition) is 2. The first-order valence-corrected chi connectivity index (χ1v) is 6.67. The Kier molecular flexibility index (Phi) is 3.59. The molecule has 0 radical (unpaired) electrons. The van der Waals surface area contributed by atoms with Crippen LogP contribution >= 0.6 is 0 Å². The van der Waals surface area contributed by atoms with Crippen LogP contribution in [-0.2, 0) is 9.52 Å². The zero-order valence-corrected chi connectivity index (χ0v) is 8.90. The van der Waals surface area contributed by atoms with Crippen molar-refractivity contribution in [2.75, 3.05) is 31.1 Å². The molecule has 1 heterocycles. The van der Waals surface area contributed by atoms with Crippen LogP contribution in [0, 0.1) is 0 Å². The van der Waals surface area contributed by atoms with E-state index in [-0.39, 0.29) is 0 Å². The molecule has 0 amide bonds. The topological polar surface area (TPSA) is 20.3 Å². The van der Waals surface area contributed by atoms with Crippen molar-refractivity contribution in [1.82, 2.24) is 4.90 Å². The lowest BCUT2D eigenvalue weighted by molar-refractivity contribution is 0.300. The zero-order chi connectivity index (χ0) is 9.03. The van der Waals surface area contributed by atoms with Crippen molar-refractivity contribution < 1.29 is 4.21 Å². The summed E-state index contributed by atoms with van der Waals surface area (Å²) in [5.74, 6) is 1.76. The van der Waals surface area contributed by atoms with Gasteiger partial charge in [-0.1, -0.05) is 6.92 Å². The van der Waals surface area contributed by atoms with Crippen LogP contribution in [0.25, 0.3) is 0 Å². The fraction of sp³-hybridized carbons (Fsp3) is 0.889. The predicted molar refractivity (Wildman–Crippen MR) is 56.3 cm³/mol. The summed E-state index contributed by atoms with van der Waals surface area (Å²) in [4.78, 5) is 2.41. The van der Waals surface area contributed by atoms with Crippen LogP contribution in [0.2, 0.25) is 0 Å². The molecule has 0 aliphatic carbocycles. The van der Waals surface area contributed by atoms with E-state index in [1.807, 2.05) is 12.3 Å². The van der Waals surface area contributed by atoms with E-state index in [9.17, 15) is 4.21 Å². The van der Waals surface area contributed by atoms with Crippen LogP contribution in [0.3, 0.4) is 0 Å². The Morgan fingerprint density at radius 2 is 2.00 bits per heavy atom. The minimum absolute atomic E-state index is 0.878. The van der Waals surface area contributed by atoms with E-state index in [1.54, 1.807) is 0 Å². The third-order valence-corrected chi connectivity index (χ3v) is 5.08. The van der Waals surface area contributed by atoms with Gasteiger partial charge in [0.05, 0.1) is 0 Å². The molecule has 0 aromatic carbocycles. The SMILES string of the molecule is CC=S1(=O)CCN(CCC)CC1. The molecule has 1 aliphatic rings. The molecule has 72 valence electrons. The Hall–Kier alpha value is -0.0200. The van der Waals surface area contributed by atoms with Gasteiger partial charge >= 0.3 is 0 Å². The molecular weight excluding hydrogens is 170 g/mol. The van der Waals surface area contributed by atoms with Gasteiger partial charge in [-0.25, -0.2) is 0 Å². The van der Waals surface area contributed by atoms with Crippen molar-refractivity contribution in [3.8, 4) is 0 Å². The lowest BCUT2D eigenvalue weighted by Gasteiger charge is -2.28. The standard InChI is InChI=1S/C9H19NOS/c1-3-5-10-6-8-12(11,4-2)9-7-10/h4H,3,5-9H2,1-2H3. The first-order chi connectivity index (χ1) is 5.70. The van der Waals surface area contributed by atoms with Crippen LogP contribution in [0.1, 0.15) is 20.3 Å². The third-order valence-electron chi connectivity index (χ3n) is 2.48. The van der Waals surface area contributed by atoms with E-state index in [4.69, 9.17) is 0 Å². The predicted octanol–water partition coefficient (Wildman–Crippen LogP) is 0.819. The van der Waals surface area contributed by atoms with Crippen LogP contribution in [0.15, 0.2) is 0 Å². The molecule has 0 N–H and O–H groups in total. The average Bonchev–Trinajstić information content (AvgIpc) is 2.10. The maximum Gasteiger partial charge on any atom is 0.0289 e. The average molecular weight is 189 g/mol. The zero-order valence-electron chi connectivity index (χ0n) is 8.08. The molecule has 1 saturated heterocycles. The van der Waals surface area contributed by atoms with Crippen molar-refractivity contribution in [3.63, 3.8) is 0 Å². The number of rotatable bonds is 2. The Morgan fingerprint density at radius 3 is 2.42 bits per heavy atom. The van der Waals surface area contributed by atoms with Crippen molar-refractivity contribution in [3.05, 3.63) is 0 Å². The summed E-state index contributed by atoms with van der Waals surface area (Å²) < 4.78 is 11.8. The second kappa shape index (κ2) is 4.28. The fourth-order valence-electron chi connectivity index (χ4n) is 1.56. The highest BCUT2D eigenvalue weighted by Crippen LogP contribution is 2.04. The molecule has 0 atom stereocenters. The van der Waals surface area contributed by atoms with Crippen molar-refractivity contribution in [2.45, 2.75) is 20.3 Å². The van der Waals surface area contributed by atoms with Crippen LogP contribution in [0.4, 0.5) is 0 Å². The second-order valence-electron chi connectivity index (χ2n) is 3.35. The van der Waals surface area contributed by atoms with Crippen molar-refractivity contribution in [2.24, 2.45) is 0 Å². The monoisotopic (exact) mass is 189 g/mol. The highest BCUT2D eigenvalue weighted by atomic mass is 32.2. The van der Waals surface area contributed by atoms with Gasteiger partial charge in [0.15, 0.2) is 0 Å². The van der Waals surface area contributed by atoms with E-state index >= 15 is 0 Å². The van der Waals surface area contributed by atoms with Gasteiger partial charge in [0, 0.05) is 24.6 Å². The minimum atomic E-state index is -1.55. The third kappa shape index (κ3) is 2.49. The summed E-state index contributed by atoms with van der Waals surface area (Å²) >= 11 is 0. The van der Waals surface area contributed by atoms with Gasteiger partial charge in [0.25, 0.3) is 0 Å². The first-order valence-electron chi connectivity index (χ1n) is 4.71. The molecule has 3 heteroatoms. The summed E-state index contributed by atoms with van der Waals surface area (Å²) in [5.41, 5.74) is 0. The molecule has 1 fully saturated rings. The summed E-state index contributed by atoms with van der Waals surface area (Å²) in [7, 11) is -1.55. The Balaban J connectivity index is 2.45. The van der Waals surface area contributed by atoms with E-state index in [0.29, 0.717) is 0 Å². The molecule has 0 aromatic heterocycles. The molecule has 12 heavy (non-hydrogen) atoms. The lowest BCUT2D eigenvalue weighted by atomic mass is 10.4. The molecule has 1 aliphatic heterocycles. The molecule has 0 bridgehead atoms. The van der Waals surface area contributed by atoms with Gasteiger partial charge in [0.1, 0.15) is 0 Å². The summed E-state index contributed by atoms with van der Waals surface area (Å²) in [6.45, 7) is 7.34. The highest BCUT2D eigenvalue weighted by molar-refractivity contribution is 8.01. The fourth-order valence-corrected chi connectivity index (χ4v) is 3.37. The summed E-state index contributed by atoms with van der Waals surface area (Å²) in [6, 6.07) is 0. The molecule has 0 saturated carbocycles. The molecule has 0 unspecified atom stereocenters. The van der Waals surface area contributed by atoms with E-state index < -0.39 is 9.52 Å². The quantitative estimate of drug-likeness (QED) is 0.599. The largest absolute Gasteiger partial charge is 0.302 e. The lowest BCUT2D eigenvalue weighted by Crippen LogP contribution is -2.40. The molecule has 0 spiro atoms. The van der Waals surface area contributed by atoms with Crippen LogP contribution in [-0.4, -0.2) is 45.6 Å². The molecule has 1 rings (SSSR count). The van der Waals surface area contributed by atoms with Crippen LogP contribution < -0.4 is 0 Å². The van der Waals surface area contributed by atoms with Gasteiger partial charge < -0.3 is 4.90 Å². The maximum atomic E-state index is 11.8. The number of nitrogens with zero attached hydrogens (tertiary/aromatic N) is 1. The van der Waals surface area contributed by atoms with Gasteiger partial charge in [-0.05, 0) is 34.8 Å². The Labute approximate surface area is 76.0 Å². The van der Waals surface area contributed by atoms with Gasteiger partial charge in [-0.15, -0.1) is 0 Å². The van der Waals surface area contributed by atoms with E-state index in [2.05, 4.69) is 11.8 Å². The molecular formula is C9H19NOS. The normalized spacial score (nSPS) is 23.8. The Morgan fingerprint density at radius 1 is 1.42 bits per heavy atom. The molecule has 0 aromatic rings. The van der Waals surface area contributed by atoms with Crippen LogP contribution in [0.5, 0.6) is 0 Å². The van der Waals surface area contributed by atoms with Gasteiger partial charge in [0.2, 0.25) is 0 Å². The smallest absolute Gasteiger partial charge is 0.0289 e. The summed E-state index contributed by atoms with van der Waals surface area (Å²) in [6.07, 6.45) is 1.21. The van der Waals surface area contributed by atoms with Crippen molar-refractivity contribution >= 4 is 14.9 Å². The maximum absolute atomic E-state index is 11.8. The highest BCUT2D eigenvalue weighted by Gasteiger charge is 2.16. The first kappa shape index (κ1) is 10.1. The van der Waals surface area contributed by atoms with E-state index in [1.165, 1.54) is 13.0 Å². The summed E-state index contributed by atoms with van der Waals surface area (Å²) in [5, 5.41) is 1.91.